The summed E-state index contributed by atoms with van der Waals surface area (Å²) in [6.45, 7) is 4.18. The summed E-state index contributed by atoms with van der Waals surface area (Å²) in [5.41, 5.74) is 5.80. The van der Waals surface area contributed by atoms with Crippen LogP contribution in [-0.2, 0) is 0 Å². The van der Waals surface area contributed by atoms with E-state index in [0.29, 0.717) is 5.11 Å². The van der Waals surface area contributed by atoms with Crippen LogP contribution >= 0.6 is 12.2 Å². The molecule has 2 N–H and O–H groups in total. The van der Waals surface area contributed by atoms with E-state index in [9.17, 15) is 0 Å². The van der Waals surface area contributed by atoms with Gasteiger partial charge in [-0.1, -0.05) is 66.7 Å². The van der Waals surface area contributed by atoms with Crippen LogP contribution in [0.15, 0.2) is 78.9 Å². The van der Waals surface area contributed by atoms with Crippen molar-refractivity contribution in [1.82, 2.24) is 5.32 Å². The van der Waals surface area contributed by atoms with Gasteiger partial charge in [0.1, 0.15) is 0 Å². The highest BCUT2D eigenvalue weighted by molar-refractivity contribution is 7.80. The number of rotatable bonds is 4. The summed E-state index contributed by atoms with van der Waals surface area (Å²) in [4.78, 5) is 0. The third-order valence-electron chi connectivity index (χ3n) is 4.02. The van der Waals surface area contributed by atoms with Gasteiger partial charge in [0.15, 0.2) is 5.11 Å². The molecule has 3 rings (SSSR count). The minimum Gasteiger partial charge on any atom is -0.352 e. The number of hydrogen-bond acceptors (Lipinski definition) is 1. The lowest BCUT2D eigenvalue weighted by Gasteiger charge is -2.22. The lowest BCUT2D eigenvalue weighted by Crippen LogP contribution is -2.33. The summed E-state index contributed by atoms with van der Waals surface area (Å²) >= 11 is 5.58. The van der Waals surface area contributed by atoms with Crippen molar-refractivity contribution >= 4 is 23.0 Å². The molecule has 0 spiro atoms. The van der Waals surface area contributed by atoms with Crippen LogP contribution in [0.4, 0.5) is 5.69 Å². The van der Waals surface area contributed by atoms with Crippen molar-refractivity contribution in [2.45, 2.75) is 19.9 Å². The van der Waals surface area contributed by atoms with E-state index in [1.807, 2.05) is 36.4 Å². The summed E-state index contributed by atoms with van der Waals surface area (Å²) in [6, 6.07) is 27.1. The molecular weight excluding hydrogens is 324 g/mol. The van der Waals surface area contributed by atoms with E-state index in [1.54, 1.807) is 0 Å². The molecule has 0 aliphatic rings. The molecule has 0 fully saturated rings. The fourth-order valence-electron chi connectivity index (χ4n) is 3.00. The van der Waals surface area contributed by atoms with E-state index in [-0.39, 0.29) is 6.04 Å². The second-order valence-electron chi connectivity index (χ2n) is 6.23. The molecule has 0 saturated carbocycles. The summed E-state index contributed by atoms with van der Waals surface area (Å²) in [6.07, 6.45) is 0. The molecule has 0 aliphatic heterocycles. The number of thiocarbonyl (C=S) groups is 1. The Bertz CT molecular complexity index is 785. The first-order valence-electron chi connectivity index (χ1n) is 8.37. The Balaban J connectivity index is 1.81. The number of aryl methyl sites for hydroxylation is 2. The molecule has 3 aromatic carbocycles. The SMILES string of the molecule is Cc1cc(C)cc(NC(=S)NC(c2ccccc2)c2ccccc2)c1. The first-order chi connectivity index (χ1) is 12.1. The van der Waals surface area contributed by atoms with Crippen molar-refractivity contribution in [2.75, 3.05) is 5.32 Å². The van der Waals surface area contributed by atoms with Crippen LogP contribution < -0.4 is 10.6 Å². The van der Waals surface area contributed by atoms with Gasteiger partial charge < -0.3 is 10.6 Å². The fraction of sp³-hybridized carbons (Fsp3) is 0.136. The van der Waals surface area contributed by atoms with E-state index in [4.69, 9.17) is 12.2 Å². The van der Waals surface area contributed by atoms with Gasteiger partial charge in [0.2, 0.25) is 0 Å². The van der Waals surface area contributed by atoms with Gasteiger partial charge in [-0.15, -0.1) is 0 Å². The van der Waals surface area contributed by atoms with Gasteiger partial charge in [-0.2, -0.15) is 0 Å². The molecule has 0 unspecified atom stereocenters. The van der Waals surface area contributed by atoms with Crippen LogP contribution in [0.1, 0.15) is 28.3 Å². The Morgan fingerprint density at radius 1 is 0.760 bits per heavy atom. The molecule has 126 valence electrons. The first-order valence-corrected chi connectivity index (χ1v) is 8.78. The lowest BCUT2D eigenvalue weighted by atomic mass is 9.99. The van der Waals surface area contributed by atoms with E-state index in [0.717, 1.165) is 5.69 Å². The minimum absolute atomic E-state index is 0.00769. The van der Waals surface area contributed by atoms with Gasteiger partial charge in [0.25, 0.3) is 0 Å². The standard InChI is InChI=1S/C22H22N2S/c1-16-13-17(2)15-20(14-16)23-22(25)24-21(18-9-5-3-6-10-18)19-11-7-4-8-12-19/h3-15,21H,1-2H3,(H2,23,24,25). The highest BCUT2D eigenvalue weighted by Crippen LogP contribution is 2.22. The zero-order chi connectivity index (χ0) is 17.6. The van der Waals surface area contributed by atoms with Gasteiger partial charge in [0.05, 0.1) is 6.04 Å². The largest absolute Gasteiger partial charge is 0.352 e. The molecule has 0 aliphatic carbocycles. The van der Waals surface area contributed by atoms with E-state index < -0.39 is 0 Å². The van der Waals surface area contributed by atoms with Gasteiger partial charge in [-0.25, -0.2) is 0 Å². The molecular formula is C22H22N2S. The van der Waals surface area contributed by atoms with Crippen LogP contribution in [0.5, 0.6) is 0 Å². The normalized spacial score (nSPS) is 10.5. The molecule has 25 heavy (non-hydrogen) atoms. The van der Waals surface area contributed by atoms with Crippen molar-refractivity contribution in [2.24, 2.45) is 0 Å². The first kappa shape index (κ1) is 17.2. The summed E-state index contributed by atoms with van der Waals surface area (Å²) in [5, 5.41) is 7.38. The van der Waals surface area contributed by atoms with Gasteiger partial charge >= 0.3 is 0 Å². The molecule has 0 radical (unpaired) electrons. The Labute approximate surface area is 154 Å². The van der Waals surface area contributed by atoms with Crippen molar-refractivity contribution in [3.05, 3.63) is 101 Å². The Kier molecular flexibility index (Phi) is 5.46. The minimum atomic E-state index is 0.00769. The summed E-state index contributed by atoms with van der Waals surface area (Å²) in [5.74, 6) is 0. The maximum atomic E-state index is 5.58. The Morgan fingerprint density at radius 3 is 1.72 bits per heavy atom. The van der Waals surface area contributed by atoms with E-state index in [1.165, 1.54) is 22.3 Å². The number of hydrogen-bond donors (Lipinski definition) is 2. The third-order valence-corrected chi connectivity index (χ3v) is 4.24. The van der Waals surface area contributed by atoms with E-state index in [2.05, 4.69) is 66.9 Å². The summed E-state index contributed by atoms with van der Waals surface area (Å²) < 4.78 is 0. The molecule has 0 atom stereocenters. The lowest BCUT2D eigenvalue weighted by molar-refractivity contribution is 0.768. The number of nitrogens with one attached hydrogen (secondary N) is 2. The quantitative estimate of drug-likeness (QED) is 0.620. The topological polar surface area (TPSA) is 24.1 Å². The zero-order valence-electron chi connectivity index (χ0n) is 14.5. The Hall–Kier alpha value is -2.65. The van der Waals surface area contributed by atoms with Crippen LogP contribution in [0.25, 0.3) is 0 Å². The van der Waals surface area contributed by atoms with E-state index >= 15 is 0 Å². The summed E-state index contributed by atoms with van der Waals surface area (Å²) in [7, 11) is 0. The average molecular weight is 346 g/mol. The second kappa shape index (κ2) is 7.95. The van der Waals surface area contributed by atoms with Gasteiger partial charge in [-0.05, 0) is 60.5 Å². The zero-order valence-corrected chi connectivity index (χ0v) is 15.3. The van der Waals surface area contributed by atoms with Crippen molar-refractivity contribution in [3.63, 3.8) is 0 Å². The fourth-order valence-corrected chi connectivity index (χ4v) is 3.23. The second-order valence-corrected chi connectivity index (χ2v) is 6.64. The number of anilines is 1. The molecule has 0 bridgehead atoms. The molecule has 0 saturated heterocycles. The van der Waals surface area contributed by atoms with Crippen LogP contribution in [0.3, 0.4) is 0 Å². The predicted octanol–water partition coefficient (Wildman–Crippen LogP) is 5.38. The molecule has 0 amide bonds. The van der Waals surface area contributed by atoms with Crippen molar-refractivity contribution < 1.29 is 0 Å². The molecule has 0 aromatic heterocycles. The molecule has 2 nitrogen and oxygen atoms in total. The smallest absolute Gasteiger partial charge is 0.171 e. The maximum absolute atomic E-state index is 5.58. The van der Waals surface area contributed by atoms with Gasteiger partial charge in [-0.3, -0.25) is 0 Å². The Morgan fingerprint density at radius 2 is 1.24 bits per heavy atom. The van der Waals surface area contributed by atoms with Crippen LogP contribution in [-0.4, -0.2) is 5.11 Å². The molecule has 3 heteroatoms. The maximum Gasteiger partial charge on any atom is 0.171 e. The highest BCUT2D eigenvalue weighted by Gasteiger charge is 2.14. The molecule has 3 aromatic rings. The van der Waals surface area contributed by atoms with Crippen molar-refractivity contribution in [3.8, 4) is 0 Å². The third kappa shape index (κ3) is 4.68. The van der Waals surface area contributed by atoms with Gasteiger partial charge in [0, 0.05) is 5.69 Å². The van der Waals surface area contributed by atoms with Crippen molar-refractivity contribution in [1.29, 1.82) is 0 Å². The van der Waals surface area contributed by atoms with Crippen LogP contribution in [0.2, 0.25) is 0 Å². The highest BCUT2D eigenvalue weighted by atomic mass is 32.1. The molecule has 0 heterocycles. The predicted molar refractivity (Wildman–Crippen MR) is 110 cm³/mol. The van der Waals surface area contributed by atoms with Crippen LogP contribution in [0, 0.1) is 13.8 Å². The monoisotopic (exact) mass is 346 g/mol. The average Bonchev–Trinajstić information content (AvgIpc) is 2.60. The number of benzene rings is 3.